The van der Waals surface area contributed by atoms with Gasteiger partial charge in [0.25, 0.3) is 5.95 Å². The van der Waals surface area contributed by atoms with Crippen molar-refractivity contribution in [3.63, 3.8) is 0 Å². The van der Waals surface area contributed by atoms with Gasteiger partial charge in [-0.15, -0.1) is 0 Å². The van der Waals surface area contributed by atoms with E-state index in [2.05, 4.69) is 20.4 Å². The molecule has 3 aromatic rings. The predicted octanol–water partition coefficient (Wildman–Crippen LogP) is 3.23. The highest BCUT2D eigenvalue weighted by atomic mass is 16.5. The van der Waals surface area contributed by atoms with E-state index < -0.39 is 0 Å². The molecule has 1 N–H and O–H groups in total. The summed E-state index contributed by atoms with van der Waals surface area (Å²) in [7, 11) is 0. The molecule has 1 aromatic carbocycles. The second-order valence-corrected chi connectivity index (χ2v) is 6.85. The minimum atomic E-state index is -0.0954. The molecule has 1 aliphatic heterocycles. The number of nitrogens with one attached hydrogen (secondary N) is 1. The van der Waals surface area contributed by atoms with Crippen LogP contribution in [0.25, 0.3) is 5.95 Å². The van der Waals surface area contributed by atoms with Crippen molar-refractivity contribution in [2.75, 3.05) is 5.32 Å². The van der Waals surface area contributed by atoms with Crippen LogP contribution in [-0.4, -0.2) is 31.8 Å². The van der Waals surface area contributed by atoms with Gasteiger partial charge in [0.15, 0.2) is 0 Å². The number of nitrogens with zero attached hydrogens (tertiary/aromatic N) is 4. The zero-order valence-corrected chi connectivity index (χ0v) is 15.5. The third kappa shape index (κ3) is 3.28. The SMILES string of the molecule is Cc1nn(-c2ncccn2)c2c1[C@@H](c1cccc(OC(C)C)c1)CC(=O)N2. The highest BCUT2D eigenvalue weighted by Gasteiger charge is 2.33. The van der Waals surface area contributed by atoms with Crippen molar-refractivity contribution < 1.29 is 9.53 Å². The summed E-state index contributed by atoms with van der Waals surface area (Å²) in [6.45, 7) is 5.93. The molecular weight excluding hydrogens is 342 g/mol. The standard InChI is InChI=1S/C20H21N5O2/c1-12(2)27-15-7-4-6-14(10-15)16-11-17(26)23-19-18(16)13(3)24-25(19)20-21-8-5-9-22-20/h4-10,12,16H,11H2,1-3H3,(H,23,26)/t16-/m1/s1. The number of hydrogen-bond acceptors (Lipinski definition) is 5. The maximum absolute atomic E-state index is 12.4. The summed E-state index contributed by atoms with van der Waals surface area (Å²) >= 11 is 0. The lowest BCUT2D eigenvalue weighted by Crippen LogP contribution is -2.25. The van der Waals surface area contributed by atoms with Gasteiger partial charge in [-0.2, -0.15) is 9.78 Å². The Bertz CT molecular complexity index is 981. The Morgan fingerprint density at radius 1 is 1.22 bits per heavy atom. The zero-order valence-electron chi connectivity index (χ0n) is 15.5. The molecule has 27 heavy (non-hydrogen) atoms. The van der Waals surface area contributed by atoms with Crippen molar-refractivity contribution in [1.29, 1.82) is 0 Å². The van der Waals surface area contributed by atoms with Gasteiger partial charge in [0.2, 0.25) is 5.91 Å². The number of anilines is 1. The molecule has 0 aliphatic carbocycles. The van der Waals surface area contributed by atoms with Crippen molar-refractivity contribution in [2.24, 2.45) is 0 Å². The molecule has 7 nitrogen and oxygen atoms in total. The Morgan fingerprint density at radius 2 is 2.00 bits per heavy atom. The quantitative estimate of drug-likeness (QED) is 0.769. The summed E-state index contributed by atoms with van der Waals surface area (Å²) in [4.78, 5) is 21.0. The van der Waals surface area contributed by atoms with E-state index in [0.29, 0.717) is 18.2 Å². The molecule has 0 saturated heterocycles. The summed E-state index contributed by atoms with van der Waals surface area (Å²) in [6.07, 6.45) is 3.76. The van der Waals surface area contributed by atoms with Gasteiger partial charge < -0.3 is 10.1 Å². The van der Waals surface area contributed by atoms with Gasteiger partial charge in [-0.25, -0.2) is 9.97 Å². The lowest BCUT2D eigenvalue weighted by Gasteiger charge is -2.24. The van der Waals surface area contributed by atoms with Crippen LogP contribution < -0.4 is 10.1 Å². The maximum atomic E-state index is 12.4. The third-order valence-electron chi connectivity index (χ3n) is 4.48. The van der Waals surface area contributed by atoms with Crippen LogP contribution in [0.1, 0.15) is 43.0 Å². The molecule has 0 saturated carbocycles. The van der Waals surface area contributed by atoms with Crippen LogP contribution in [-0.2, 0) is 4.79 Å². The van der Waals surface area contributed by atoms with Crippen LogP contribution in [0.3, 0.4) is 0 Å². The number of aromatic nitrogens is 4. The molecule has 0 bridgehead atoms. The van der Waals surface area contributed by atoms with Crippen LogP contribution in [0.15, 0.2) is 42.7 Å². The lowest BCUT2D eigenvalue weighted by atomic mass is 9.86. The van der Waals surface area contributed by atoms with E-state index in [4.69, 9.17) is 4.74 Å². The Kier molecular flexibility index (Phi) is 4.35. The topological polar surface area (TPSA) is 81.9 Å². The van der Waals surface area contributed by atoms with Gasteiger partial charge in [0.1, 0.15) is 11.6 Å². The summed E-state index contributed by atoms with van der Waals surface area (Å²) in [5, 5.41) is 7.53. The molecule has 4 rings (SSSR count). The Labute approximate surface area is 157 Å². The average molecular weight is 363 g/mol. The summed E-state index contributed by atoms with van der Waals surface area (Å²) < 4.78 is 7.42. The molecule has 0 unspecified atom stereocenters. The molecule has 0 spiro atoms. The first-order valence-corrected chi connectivity index (χ1v) is 8.96. The number of rotatable bonds is 4. The van der Waals surface area contributed by atoms with Gasteiger partial charge in [-0.3, -0.25) is 4.79 Å². The minimum Gasteiger partial charge on any atom is -0.491 e. The number of ether oxygens (including phenoxy) is 1. The Hall–Kier alpha value is -3.22. The molecule has 7 heteroatoms. The third-order valence-corrected chi connectivity index (χ3v) is 4.48. The van der Waals surface area contributed by atoms with E-state index >= 15 is 0 Å². The van der Waals surface area contributed by atoms with Crippen molar-refractivity contribution in [3.05, 3.63) is 59.5 Å². The number of carbonyl (C=O) groups excluding carboxylic acids is 1. The maximum Gasteiger partial charge on any atom is 0.252 e. The molecule has 1 aliphatic rings. The molecule has 2 aromatic heterocycles. The molecule has 0 radical (unpaired) electrons. The fraction of sp³-hybridized carbons (Fsp3) is 0.300. The van der Waals surface area contributed by atoms with Crippen LogP contribution in [0, 0.1) is 6.92 Å². The van der Waals surface area contributed by atoms with Gasteiger partial charge in [-0.1, -0.05) is 12.1 Å². The first-order valence-electron chi connectivity index (χ1n) is 8.96. The van der Waals surface area contributed by atoms with E-state index in [1.54, 1.807) is 23.1 Å². The predicted molar refractivity (Wildman–Crippen MR) is 101 cm³/mol. The van der Waals surface area contributed by atoms with E-state index in [1.807, 2.05) is 45.0 Å². The largest absolute Gasteiger partial charge is 0.491 e. The van der Waals surface area contributed by atoms with Crippen LogP contribution >= 0.6 is 0 Å². The molecule has 1 atom stereocenters. The summed E-state index contributed by atoms with van der Waals surface area (Å²) in [5.74, 6) is 1.71. The zero-order chi connectivity index (χ0) is 19.0. The van der Waals surface area contributed by atoms with Crippen molar-refractivity contribution in [1.82, 2.24) is 19.7 Å². The second kappa shape index (κ2) is 6.83. The normalized spacial score (nSPS) is 16.1. The molecule has 0 fully saturated rings. The van der Waals surface area contributed by atoms with Crippen LogP contribution in [0.5, 0.6) is 5.75 Å². The number of carbonyl (C=O) groups is 1. The second-order valence-electron chi connectivity index (χ2n) is 6.85. The number of benzene rings is 1. The number of amides is 1. The van der Waals surface area contributed by atoms with E-state index in [1.165, 1.54) is 0 Å². The Morgan fingerprint density at radius 3 is 2.74 bits per heavy atom. The summed E-state index contributed by atoms with van der Waals surface area (Å²) in [5.41, 5.74) is 2.86. The summed E-state index contributed by atoms with van der Waals surface area (Å²) in [6, 6.07) is 9.66. The Balaban J connectivity index is 1.80. The first-order chi connectivity index (χ1) is 13.0. The fourth-order valence-corrected chi connectivity index (χ4v) is 3.45. The van der Waals surface area contributed by atoms with Gasteiger partial charge in [-0.05, 0) is 44.5 Å². The average Bonchev–Trinajstić information content (AvgIpc) is 2.98. The van der Waals surface area contributed by atoms with Crippen LogP contribution in [0.2, 0.25) is 0 Å². The van der Waals surface area contributed by atoms with Crippen molar-refractivity contribution >= 4 is 11.7 Å². The minimum absolute atomic E-state index is 0.0558. The van der Waals surface area contributed by atoms with E-state index in [0.717, 1.165) is 22.6 Å². The number of fused-ring (bicyclic) bond motifs is 1. The van der Waals surface area contributed by atoms with E-state index in [-0.39, 0.29) is 17.9 Å². The molecule has 1 amide bonds. The lowest BCUT2D eigenvalue weighted by molar-refractivity contribution is -0.116. The molecule has 138 valence electrons. The first kappa shape index (κ1) is 17.2. The molecular formula is C20H21N5O2. The smallest absolute Gasteiger partial charge is 0.252 e. The molecule has 3 heterocycles. The highest BCUT2D eigenvalue weighted by Crippen LogP contribution is 2.40. The number of hydrogen-bond donors (Lipinski definition) is 1. The highest BCUT2D eigenvalue weighted by molar-refractivity contribution is 5.95. The fourth-order valence-electron chi connectivity index (χ4n) is 3.45. The van der Waals surface area contributed by atoms with Gasteiger partial charge in [0.05, 0.1) is 11.8 Å². The van der Waals surface area contributed by atoms with Crippen molar-refractivity contribution in [2.45, 2.75) is 39.2 Å². The van der Waals surface area contributed by atoms with Gasteiger partial charge in [0, 0.05) is 30.3 Å². The number of aryl methyl sites for hydroxylation is 1. The van der Waals surface area contributed by atoms with Crippen molar-refractivity contribution in [3.8, 4) is 11.7 Å². The van der Waals surface area contributed by atoms with Crippen LogP contribution in [0.4, 0.5) is 5.82 Å². The van der Waals surface area contributed by atoms with E-state index in [9.17, 15) is 4.79 Å². The van der Waals surface area contributed by atoms with Gasteiger partial charge >= 0.3 is 0 Å². The monoisotopic (exact) mass is 363 g/mol.